The molecule has 0 spiro atoms. The summed E-state index contributed by atoms with van der Waals surface area (Å²) in [4.78, 5) is 2.21. The van der Waals surface area contributed by atoms with Gasteiger partial charge in [0.1, 0.15) is 0 Å². The van der Waals surface area contributed by atoms with Crippen LogP contribution < -0.4 is 9.64 Å². The minimum Gasteiger partial charge on any atom is -0.493 e. The summed E-state index contributed by atoms with van der Waals surface area (Å²) in [5.41, 5.74) is 1.06. The summed E-state index contributed by atoms with van der Waals surface area (Å²) < 4.78 is 5.29. The van der Waals surface area contributed by atoms with E-state index in [9.17, 15) is 0 Å². The van der Waals surface area contributed by atoms with Gasteiger partial charge in [-0.2, -0.15) is 0 Å². The van der Waals surface area contributed by atoms with E-state index < -0.39 is 0 Å². The lowest BCUT2D eigenvalue weighted by Crippen LogP contribution is -2.22. The second-order valence-corrected chi connectivity index (χ2v) is 3.37. The molecule has 14 heavy (non-hydrogen) atoms. The summed E-state index contributed by atoms with van der Waals surface area (Å²) in [6.45, 7) is 6.13. The van der Waals surface area contributed by atoms with Crippen LogP contribution in [0.2, 0.25) is 5.02 Å². The van der Waals surface area contributed by atoms with Crippen molar-refractivity contribution in [1.82, 2.24) is 0 Å². The van der Waals surface area contributed by atoms with Gasteiger partial charge in [0.2, 0.25) is 0 Å². The van der Waals surface area contributed by atoms with E-state index in [0.29, 0.717) is 5.02 Å². The molecule has 0 aliphatic carbocycles. The highest BCUT2D eigenvalue weighted by Gasteiger charge is 2.11. The zero-order valence-corrected chi connectivity index (χ0v) is 9.64. The van der Waals surface area contributed by atoms with Crippen LogP contribution in [-0.4, -0.2) is 20.2 Å². The second-order valence-electron chi connectivity index (χ2n) is 2.96. The second kappa shape index (κ2) is 5.11. The number of halogens is 1. The number of benzene rings is 1. The van der Waals surface area contributed by atoms with Gasteiger partial charge in [0.15, 0.2) is 5.75 Å². The average Bonchev–Trinajstić information content (AvgIpc) is 2.20. The Bertz CT molecular complexity index is 297. The van der Waals surface area contributed by atoms with E-state index in [1.165, 1.54) is 0 Å². The maximum absolute atomic E-state index is 6.04. The quantitative estimate of drug-likeness (QED) is 0.762. The fraction of sp³-hybridized carbons (Fsp3) is 0.455. The van der Waals surface area contributed by atoms with E-state index in [4.69, 9.17) is 16.3 Å². The maximum atomic E-state index is 6.04. The van der Waals surface area contributed by atoms with Crippen LogP contribution in [0.3, 0.4) is 0 Å². The third-order valence-electron chi connectivity index (χ3n) is 2.25. The molecule has 0 amide bonds. The summed E-state index contributed by atoms with van der Waals surface area (Å²) in [6, 6.07) is 5.81. The molecular formula is C11H16ClNO. The normalized spacial score (nSPS) is 10.0. The molecule has 3 heteroatoms. The molecule has 0 aliphatic rings. The number of methoxy groups -OCH3 is 1. The van der Waals surface area contributed by atoms with Crippen LogP contribution in [0.15, 0.2) is 18.2 Å². The van der Waals surface area contributed by atoms with Gasteiger partial charge in [0, 0.05) is 13.1 Å². The molecule has 1 aromatic carbocycles. The van der Waals surface area contributed by atoms with Crippen molar-refractivity contribution in [2.75, 3.05) is 25.1 Å². The molecule has 0 aromatic heterocycles. The molecule has 0 radical (unpaired) electrons. The molecule has 0 atom stereocenters. The topological polar surface area (TPSA) is 12.5 Å². The van der Waals surface area contributed by atoms with Crippen molar-refractivity contribution in [2.45, 2.75) is 13.8 Å². The van der Waals surface area contributed by atoms with Crippen LogP contribution in [0.25, 0.3) is 0 Å². The first-order valence-electron chi connectivity index (χ1n) is 4.82. The van der Waals surface area contributed by atoms with Crippen molar-refractivity contribution in [1.29, 1.82) is 0 Å². The molecular weight excluding hydrogens is 198 g/mol. The third kappa shape index (κ3) is 2.13. The Labute approximate surface area is 90.4 Å². The number of para-hydroxylation sites is 1. The van der Waals surface area contributed by atoms with E-state index >= 15 is 0 Å². The Balaban J connectivity index is 3.11. The maximum Gasteiger partial charge on any atom is 0.160 e. The number of ether oxygens (including phenoxy) is 1. The molecule has 0 fully saturated rings. The Morgan fingerprint density at radius 3 is 2.43 bits per heavy atom. The van der Waals surface area contributed by atoms with Gasteiger partial charge in [-0.25, -0.2) is 0 Å². The van der Waals surface area contributed by atoms with Crippen molar-refractivity contribution < 1.29 is 4.74 Å². The minimum atomic E-state index is 0.664. The fourth-order valence-electron chi connectivity index (χ4n) is 1.51. The van der Waals surface area contributed by atoms with E-state index in [-0.39, 0.29) is 0 Å². The van der Waals surface area contributed by atoms with Crippen LogP contribution in [0.4, 0.5) is 5.69 Å². The fourth-order valence-corrected chi connectivity index (χ4v) is 1.76. The Morgan fingerprint density at radius 1 is 1.29 bits per heavy atom. The third-order valence-corrected chi connectivity index (χ3v) is 2.55. The van der Waals surface area contributed by atoms with E-state index in [1.54, 1.807) is 7.11 Å². The van der Waals surface area contributed by atoms with Crippen molar-refractivity contribution >= 4 is 17.3 Å². The molecule has 1 aromatic rings. The zero-order chi connectivity index (χ0) is 10.6. The number of hydrogen-bond acceptors (Lipinski definition) is 2. The van der Waals surface area contributed by atoms with Crippen molar-refractivity contribution in [2.24, 2.45) is 0 Å². The summed E-state index contributed by atoms with van der Waals surface area (Å²) in [5, 5.41) is 0.664. The molecule has 2 nitrogen and oxygen atoms in total. The van der Waals surface area contributed by atoms with Crippen molar-refractivity contribution in [3.05, 3.63) is 23.2 Å². The minimum absolute atomic E-state index is 0.664. The van der Waals surface area contributed by atoms with Gasteiger partial charge in [-0.05, 0) is 26.0 Å². The summed E-state index contributed by atoms with van der Waals surface area (Å²) in [5.74, 6) is 0.762. The molecule has 78 valence electrons. The largest absolute Gasteiger partial charge is 0.493 e. The first kappa shape index (κ1) is 11.2. The van der Waals surface area contributed by atoms with Crippen LogP contribution in [-0.2, 0) is 0 Å². The molecule has 0 unspecified atom stereocenters. The lowest BCUT2D eigenvalue weighted by atomic mass is 10.2. The zero-order valence-electron chi connectivity index (χ0n) is 8.88. The summed E-state index contributed by atoms with van der Waals surface area (Å²) >= 11 is 6.04. The van der Waals surface area contributed by atoms with Gasteiger partial charge in [-0.3, -0.25) is 0 Å². The van der Waals surface area contributed by atoms with Crippen LogP contribution >= 0.6 is 11.6 Å². The molecule has 1 rings (SSSR count). The highest BCUT2D eigenvalue weighted by Crippen LogP contribution is 2.34. The van der Waals surface area contributed by atoms with E-state index in [0.717, 1.165) is 24.5 Å². The van der Waals surface area contributed by atoms with Gasteiger partial charge < -0.3 is 9.64 Å². The van der Waals surface area contributed by atoms with Crippen LogP contribution in [0.1, 0.15) is 13.8 Å². The Kier molecular flexibility index (Phi) is 4.08. The highest BCUT2D eigenvalue weighted by atomic mass is 35.5. The van der Waals surface area contributed by atoms with Gasteiger partial charge in [-0.1, -0.05) is 17.7 Å². The first-order chi connectivity index (χ1) is 6.74. The predicted octanol–water partition coefficient (Wildman–Crippen LogP) is 3.19. The number of hydrogen-bond donors (Lipinski definition) is 0. The highest BCUT2D eigenvalue weighted by molar-refractivity contribution is 6.32. The first-order valence-corrected chi connectivity index (χ1v) is 5.19. The number of rotatable bonds is 4. The lowest BCUT2D eigenvalue weighted by molar-refractivity contribution is 0.415. The number of nitrogens with zero attached hydrogens (tertiary/aromatic N) is 1. The smallest absolute Gasteiger partial charge is 0.160 e. The number of anilines is 1. The van der Waals surface area contributed by atoms with Gasteiger partial charge in [0.25, 0.3) is 0 Å². The van der Waals surface area contributed by atoms with Crippen molar-refractivity contribution in [3.8, 4) is 5.75 Å². The summed E-state index contributed by atoms with van der Waals surface area (Å²) in [7, 11) is 1.65. The molecule has 0 bridgehead atoms. The molecule has 0 N–H and O–H groups in total. The molecule has 0 aliphatic heterocycles. The van der Waals surface area contributed by atoms with Crippen molar-refractivity contribution in [3.63, 3.8) is 0 Å². The Hall–Kier alpha value is -0.890. The van der Waals surface area contributed by atoms with Gasteiger partial charge in [0.05, 0.1) is 17.8 Å². The van der Waals surface area contributed by atoms with Crippen LogP contribution in [0, 0.1) is 0 Å². The average molecular weight is 214 g/mol. The molecule has 0 saturated heterocycles. The van der Waals surface area contributed by atoms with Gasteiger partial charge in [-0.15, -0.1) is 0 Å². The van der Waals surface area contributed by atoms with E-state index in [1.807, 2.05) is 18.2 Å². The Morgan fingerprint density at radius 2 is 1.93 bits per heavy atom. The standard InChI is InChI=1S/C11H16ClNO/c1-4-13(5-2)10-8-6-7-9(12)11(10)14-3/h6-8H,4-5H2,1-3H3. The van der Waals surface area contributed by atoms with Crippen LogP contribution in [0.5, 0.6) is 5.75 Å². The van der Waals surface area contributed by atoms with E-state index in [2.05, 4.69) is 18.7 Å². The monoisotopic (exact) mass is 213 g/mol. The predicted molar refractivity (Wildman–Crippen MR) is 61.6 cm³/mol. The SMILES string of the molecule is CCN(CC)c1cccc(Cl)c1OC. The lowest BCUT2D eigenvalue weighted by Gasteiger charge is -2.23. The van der Waals surface area contributed by atoms with Gasteiger partial charge >= 0.3 is 0 Å². The molecule has 0 saturated carbocycles. The molecule has 0 heterocycles. The summed E-state index contributed by atoms with van der Waals surface area (Å²) in [6.07, 6.45) is 0.